The summed E-state index contributed by atoms with van der Waals surface area (Å²) in [5, 5.41) is 10.5. The van der Waals surface area contributed by atoms with Crippen LogP contribution in [0.2, 0.25) is 0 Å². The first-order valence-electron chi connectivity index (χ1n) is 6.53. The summed E-state index contributed by atoms with van der Waals surface area (Å²) < 4.78 is 0. The van der Waals surface area contributed by atoms with Gasteiger partial charge in [-0.05, 0) is 32.1 Å². The zero-order chi connectivity index (χ0) is 13.1. The van der Waals surface area contributed by atoms with Crippen LogP contribution in [-0.4, -0.2) is 34.6 Å². The molecule has 1 N–H and O–H groups in total. The molecule has 0 radical (unpaired) electrons. The van der Waals surface area contributed by atoms with Gasteiger partial charge in [0.1, 0.15) is 0 Å². The molecule has 0 bridgehead atoms. The first kappa shape index (κ1) is 14.2. The minimum atomic E-state index is -0.964. The highest BCUT2D eigenvalue weighted by Gasteiger charge is 2.41. The van der Waals surface area contributed by atoms with Gasteiger partial charge in [0.05, 0.1) is 11.5 Å². The summed E-state index contributed by atoms with van der Waals surface area (Å²) in [4.78, 5) is 14.3. The number of hydrogen-bond acceptors (Lipinski definition) is 2. The molecule has 1 aliphatic rings. The fourth-order valence-electron chi connectivity index (χ4n) is 2.32. The molecule has 0 aromatic rings. The highest BCUT2D eigenvalue weighted by atomic mass is 16.3. The molecule has 98 valence electrons. The molecule has 0 aromatic carbocycles. The quantitative estimate of drug-likeness (QED) is 0.747. The number of nitrogens with zero attached hydrogens (tertiary/aromatic N) is 1. The fourth-order valence-corrected chi connectivity index (χ4v) is 2.32. The van der Waals surface area contributed by atoms with E-state index in [9.17, 15) is 9.90 Å². The summed E-state index contributed by atoms with van der Waals surface area (Å²) >= 11 is 0. The van der Waals surface area contributed by atoms with Crippen molar-refractivity contribution in [1.82, 2.24) is 4.90 Å². The van der Waals surface area contributed by atoms with E-state index in [2.05, 4.69) is 6.58 Å². The SMILES string of the molecule is C=CC[C@H](C(=O)N1CCCC1)[C@](C)(O)C(C)C. The number of rotatable bonds is 5. The van der Waals surface area contributed by atoms with Gasteiger partial charge in [-0.2, -0.15) is 0 Å². The lowest BCUT2D eigenvalue weighted by Gasteiger charge is -2.37. The van der Waals surface area contributed by atoms with Crippen LogP contribution in [0.4, 0.5) is 0 Å². The average Bonchev–Trinajstić information content (AvgIpc) is 2.77. The molecule has 0 saturated carbocycles. The van der Waals surface area contributed by atoms with Crippen molar-refractivity contribution in [3.8, 4) is 0 Å². The smallest absolute Gasteiger partial charge is 0.228 e. The lowest BCUT2D eigenvalue weighted by atomic mass is 9.77. The van der Waals surface area contributed by atoms with Crippen LogP contribution in [0.15, 0.2) is 12.7 Å². The third-order valence-corrected chi connectivity index (χ3v) is 3.99. The van der Waals surface area contributed by atoms with Crippen molar-refractivity contribution < 1.29 is 9.90 Å². The lowest BCUT2D eigenvalue weighted by molar-refractivity contribution is -0.146. The predicted octanol–water partition coefficient (Wildman–Crippen LogP) is 2.21. The molecule has 0 spiro atoms. The molecule has 0 unspecified atom stereocenters. The lowest BCUT2D eigenvalue weighted by Crippen LogP contribution is -2.48. The molecule has 0 aliphatic carbocycles. The molecular weight excluding hydrogens is 214 g/mol. The van der Waals surface area contributed by atoms with Crippen molar-refractivity contribution in [1.29, 1.82) is 0 Å². The first-order chi connectivity index (χ1) is 7.91. The molecule has 1 rings (SSSR count). The normalized spacial score (nSPS) is 21.4. The Morgan fingerprint density at radius 3 is 2.41 bits per heavy atom. The number of hydrogen-bond donors (Lipinski definition) is 1. The Balaban J connectivity index is 2.83. The Morgan fingerprint density at radius 2 is 2.00 bits per heavy atom. The Labute approximate surface area is 105 Å². The third-order valence-electron chi connectivity index (χ3n) is 3.99. The van der Waals surface area contributed by atoms with Crippen LogP contribution in [0.25, 0.3) is 0 Å². The van der Waals surface area contributed by atoms with Gasteiger partial charge >= 0.3 is 0 Å². The van der Waals surface area contributed by atoms with E-state index in [0.717, 1.165) is 25.9 Å². The maximum absolute atomic E-state index is 12.4. The average molecular weight is 239 g/mol. The molecular formula is C14H25NO2. The molecule has 1 aliphatic heterocycles. The standard InChI is InChI=1S/C14H25NO2/c1-5-8-12(14(4,17)11(2)3)13(16)15-9-6-7-10-15/h5,11-12,17H,1,6-10H2,2-4H3/t12-,14-/m1/s1. The van der Waals surface area contributed by atoms with E-state index in [1.807, 2.05) is 18.7 Å². The number of allylic oxidation sites excluding steroid dienone is 1. The van der Waals surface area contributed by atoms with Crippen LogP contribution in [0.5, 0.6) is 0 Å². The van der Waals surface area contributed by atoms with Crippen LogP contribution in [0, 0.1) is 11.8 Å². The van der Waals surface area contributed by atoms with Crippen molar-refractivity contribution in [3.63, 3.8) is 0 Å². The van der Waals surface area contributed by atoms with Crippen molar-refractivity contribution in [2.75, 3.05) is 13.1 Å². The zero-order valence-electron chi connectivity index (χ0n) is 11.3. The first-order valence-corrected chi connectivity index (χ1v) is 6.53. The van der Waals surface area contributed by atoms with E-state index >= 15 is 0 Å². The van der Waals surface area contributed by atoms with Crippen LogP contribution in [0.1, 0.15) is 40.0 Å². The zero-order valence-corrected chi connectivity index (χ0v) is 11.3. The van der Waals surface area contributed by atoms with Crippen molar-refractivity contribution in [2.45, 2.75) is 45.6 Å². The van der Waals surface area contributed by atoms with Crippen LogP contribution in [0.3, 0.4) is 0 Å². The predicted molar refractivity (Wildman–Crippen MR) is 69.6 cm³/mol. The monoisotopic (exact) mass is 239 g/mol. The number of likely N-dealkylation sites (tertiary alicyclic amines) is 1. The number of amides is 1. The summed E-state index contributed by atoms with van der Waals surface area (Å²) in [7, 11) is 0. The third kappa shape index (κ3) is 3.09. The Morgan fingerprint density at radius 1 is 1.47 bits per heavy atom. The van der Waals surface area contributed by atoms with Gasteiger partial charge in [-0.3, -0.25) is 4.79 Å². The topological polar surface area (TPSA) is 40.5 Å². The van der Waals surface area contributed by atoms with E-state index in [0.29, 0.717) is 6.42 Å². The van der Waals surface area contributed by atoms with Crippen molar-refractivity contribution >= 4 is 5.91 Å². The molecule has 1 heterocycles. The number of carbonyl (C=O) groups excluding carboxylic acids is 1. The second-order valence-electron chi connectivity index (χ2n) is 5.49. The molecule has 3 heteroatoms. The van der Waals surface area contributed by atoms with Gasteiger partial charge < -0.3 is 10.0 Å². The molecule has 1 fully saturated rings. The van der Waals surface area contributed by atoms with E-state index < -0.39 is 5.60 Å². The van der Waals surface area contributed by atoms with E-state index in [1.54, 1.807) is 13.0 Å². The Hall–Kier alpha value is -0.830. The maximum Gasteiger partial charge on any atom is 0.228 e. The van der Waals surface area contributed by atoms with Gasteiger partial charge in [0, 0.05) is 13.1 Å². The van der Waals surface area contributed by atoms with Crippen molar-refractivity contribution in [3.05, 3.63) is 12.7 Å². The second kappa shape index (κ2) is 5.67. The van der Waals surface area contributed by atoms with Gasteiger partial charge in [-0.1, -0.05) is 19.9 Å². The molecule has 17 heavy (non-hydrogen) atoms. The van der Waals surface area contributed by atoms with Gasteiger partial charge in [0.2, 0.25) is 5.91 Å². The number of carbonyl (C=O) groups is 1. The Kier molecular flexibility index (Phi) is 4.75. The fraction of sp³-hybridized carbons (Fsp3) is 0.786. The minimum absolute atomic E-state index is 0.0546. The van der Waals surface area contributed by atoms with Gasteiger partial charge in [-0.25, -0.2) is 0 Å². The summed E-state index contributed by atoms with van der Waals surface area (Å²) in [5.41, 5.74) is -0.964. The van der Waals surface area contributed by atoms with Gasteiger partial charge in [0.25, 0.3) is 0 Å². The summed E-state index contributed by atoms with van der Waals surface area (Å²) in [6, 6.07) is 0. The summed E-state index contributed by atoms with van der Waals surface area (Å²) in [5.74, 6) is -0.224. The highest BCUT2D eigenvalue weighted by Crippen LogP contribution is 2.31. The van der Waals surface area contributed by atoms with E-state index in [4.69, 9.17) is 0 Å². The molecule has 0 aromatic heterocycles. The molecule has 2 atom stereocenters. The van der Waals surface area contributed by atoms with Crippen LogP contribution < -0.4 is 0 Å². The van der Waals surface area contributed by atoms with Crippen LogP contribution in [-0.2, 0) is 4.79 Å². The molecule has 1 saturated heterocycles. The second-order valence-corrected chi connectivity index (χ2v) is 5.49. The highest BCUT2D eigenvalue weighted by molar-refractivity contribution is 5.80. The van der Waals surface area contributed by atoms with E-state index in [1.165, 1.54) is 0 Å². The van der Waals surface area contributed by atoms with Crippen molar-refractivity contribution in [2.24, 2.45) is 11.8 Å². The Bertz CT molecular complexity index is 278. The summed E-state index contributed by atoms with van der Waals surface area (Å²) in [6.07, 6.45) is 4.43. The van der Waals surface area contributed by atoms with E-state index in [-0.39, 0.29) is 17.7 Å². The van der Waals surface area contributed by atoms with Crippen LogP contribution >= 0.6 is 0 Å². The molecule has 3 nitrogen and oxygen atoms in total. The summed E-state index contributed by atoms with van der Waals surface area (Å²) in [6.45, 7) is 11.0. The van der Waals surface area contributed by atoms with Gasteiger partial charge in [0.15, 0.2) is 0 Å². The van der Waals surface area contributed by atoms with Gasteiger partial charge in [-0.15, -0.1) is 6.58 Å². The minimum Gasteiger partial charge on any atom is -0.389 e. The number of aliphatic hydroxyl groups is 1. The molecule has 1 amide bonds. The maximum atomic E-state index is 12.4. The largest absolute Gasteiger partial charge is 0.389 e.